The van der Waals surface area contributed by atoms with Crippen LogP contribution in [0.4, 0.5) is 0 Å². The van der Waals surface area contributed by atoms with Crippen molar-refractivity contribution in [1.82, 2.24) is 5.32 Å². The number of hydrogen-bond acceptors (Lipinski definition) is 2. The molecule has 1 heterocycles. The Morgan fingerprint density at radius 1 is 1.38 bits per heavy atom. The predicted octanol–water partition coefficient (Wildman–Crippen LogP) is 1.29. The molecule has 0 aliphatic carbocycles. The van der Waals surface area contributed by atoms with Crippen molar-refractivity contribution in [1.29, 1.82) is 0 Å². The Bertz CT molecular complexity index is 175. The first-order valence-electron chi connectivity index (χ1n) is 5.13. The van der Waals surface area contributed by atoms with Gasteiger partial charge in [-0.05, 0) is 45.2 Å². The largest absolute Gasteiger partial charge is 0.390 e. The lowest BCUT2D eigenvalue weighted by atomic mass is 9.89. The zero-order chi connectivity index (χ0) is 9.57. The van der Waals surface area contributed by atoms with E-state index in [2.05, 4.69) is 11.2 Å². The molecule has 2 N–H and O–H groups in total. The van der Waals surface area contributed by atoms with E-state index in [-0.39, 0.29) is 0 Å². The van der Waals surface area contributed by atoms with Crippen LogP contribution in [0.2, 0.25) is 0 Å². The van der Waals surface area contributed by atoms with Crippen LogP contribution in [-0.4, -0.2) is 23.8 Å². The molecule has 1 fully saturated rings. The molecule has 1 atom stereocenters. The molecular weight excluding hydrogens is 162 g/mol. The van der Waals surface area contributed by atoms with Gasteiger partial charge >= 0.3 is 0 Å². The van der Waals surface area contributed by atoms with Crippen LogP contribution >= 0.6 is 0 Å². The van der Waals surface area contributed by atoms with Crippen molar-refractivity contribution >= 4 is 0 Å². The minimum absolute atomic E-state index is 0.444. The van der Waals surface area contributed by atoms with Crippen molar-refractivity contribution in [3.63, 3.8) is 0 Å². The summed E-state index contributed by atoms with van der Waals surface area (Å²) in [4.78, 5) is 0. The van der Waals surface area contributed by atoms with E-state index in [9.17, 15) is 5.11 Å². The number of nitrogens with one attached hydrogen (secondary N) is 1. The van der Waals surface area contributed by atoms with Crippen molar-refractivity contribution in [2.75, 3.05) is 13.1 Å². The van der Waals surface area contributed by atoms with Crippen molar-refractivity contribution in [3.05, 3.63) is 0 Å². The number of terminal acetylenes is 1. The monoisotopic (exact) mass is 181 g/mol. The second kappa shape index (κ2) is 5.26. The minimum Gasteiger partial charge on any atom is -0.390 e. The quantitative estimate of drug-likeness (QED) is 0.508. The molecule has 0 spiro atoms. The minimum atomic E-state index is -0.444. The third kappa shape index (κ3) is 3.80. The SMILES string of the molecule is C#CCCCC1(O)CCCNCC1. The van der Waals surface area contributed by atoms with Crippen molar-refractivity contribution < 1.29 is 5.11 Å². The molecule has 13 heavy (non-hydrogen) atoms. The van der Waals surface area contributed by atoms with Gasteiger partial charge in [-0.25, -0.2) is 0 Å². The van der Waals surface area contributed by atoms with E-state index in [1.165, 1.54) is 0 Å². The van der Waals surface area contributed by atoms with Crippen LogP contribution in [0.1, 0.15) is 38.5 Å². The van der Waals surface area contributed by atoms with E-state index in [0.29, 0.717) is 0 Å². The van der Waals surface area contributed by atoms with Crippen molar-refractivity contribution in [2.45, 2.75) is 44.1 Å². The highest BCUT2D eigenvalue weighted by Gasteiger charge is 2.26. The molecule has 0 aromatic rings. The lowest BCUT2D eigenvalue weighted by molar-refractivity contribution is 0.0181. The molecule has 0 aromatic carbocycles. The Kier molecular flexibility index (Phi) is 4.27. The average molecular weight is 181 g/mol. The summed E-state index contributed by atoms with van der Waals surface area (Å²) in [6.07, 6.45) is 10.6. The highest BCUT2D eigenvalue weighted by Crippen LogP contribution is 2.25. The van der Waals surface area contributed by atoms with Crippen LogP contribution < -0.4 is 5.32 Å². The number of hydrogen-bond donors (Lipinski definition) is 2. The fourth-order valence-corrected chi connectivity index (χ4v) is 1.88. The van der Waals surface area contributed by atoms with E-state index in [0.717, 1.165) is 51.6 Å². The topological polar surface area (TPSA) is 32.3 Å². The van der Waals surface area contributed by atoms with Gasteiger partial charge in [0.05, 0.1) is 5.60 Å². The first kappa shape index (κ1) is 10.6. The Morgan fingerprint density at radius 3 is 3.00 bits per heavy atom. The third-order valence-electron chi connectivity index (χ3n) is 2.73. The van der Waals surface area contributed by atoms with Gasteiger partial charge in [0, 0.05) is 6.42 Å². The molecule has 1 unspecified atom stereocenters. The normalized spacial score (nSPS) is 29.2. The molecule has 0 bridgehead atoms. The van der Waals surface area contributed by atoms with Gasteiger partial charge < -0.3 is 10.4 Å². The summed E-state index contributed by atoms with van der Waals surface area (Å²) in [6.45, 7) is 1.98. The van der Waals surface area contributed by atoms with Gasteiger partial charge in [-0.1, -0.05) is 0 Å². The first-order chi connectivity index (χ1) is 6.27. The summed E-state index contributed by atoms with van der Waals surface area (Å²) < 4.78 is 0. The number of aliphatic hydroxyl groups is 1. The van der Waals surface area contributed by atoms with Gasteiger partial charge in [0.15, 0.2) is 0 Å². The molecule has 74 valence electrons. The van der Waals surface area contributed by atoms with E-state index >= 15 is 0 Å². The third-order valence-corrected chi connectivity index (χ3v) is 2.73. The summed E-state index contributed by atoms with van der Waals surface area (Å²) in [5.74, 6) is 2.61. The smallest absolute Gasteiger partial charge is 0.0660 e. The van der Waals surface area contributed by atoms with Crippen LogP contribution in [-0.2, 0) is 0 Å². The summed E-state index contributed by atoms with van der Waals surface area (Å²) in [5, 5.41) is 13.5. The van der Waals surface area contributed by atoms with E-state index in [1.54, 1.807) is 0 Å². The Morgan fingerprint density at radius 2 is 2.23 bits per heavy atom. The molecule has 0 aromatic heterocycles. The van der Waals surface area contributed by atoms with Crippen molar-refractivity contribution in [2.24, 2.45) is 0 Å². The Hall–Kier alpha value is -0.520. The molecule has 0 amide bonds. The van der Waals surface area contributed by atoms with Gasteiger partial charge in [0.25, 0.3) is 0 Å². The van der Waals surface area contributed by atoms with E-state index in [4.69, 9.17) is 6.42 Å². The maximum atomic E-state index is 10.2. The summed E-state index contributed by atoms with van der Waals surface area (Å²) in [6, 6.07) is 0. The van der Waals surface area contributed by atoms with Gasteiger partial charge in [-0.15, -0.1) is 12.3 Å². The van der Waals surface area contributed by atoms with Gasteiger partial charge in [-0.2, -0.15) is 0 Å². The molecule has 1 aliphatic heterocycles. The highest BCUT2D eigenvalue weighted by atomic mass is 16.3. The van der Waals surface area contributed by atoms with Crippen LogP contribution in [0.5, 0.6) is 0 Å². The molecule has 2 nitrogen and oxygen atoms in total. The number of unbranched alkanes of at least 4 members (excludes halogenated alkanes) is 1. The van der Waals surface area contributed by atoms with Crippen LogP contribution in [0.3, 0.4) is 0 Å². The van der Waals surface area contributed by atoms with Gasteiger partial charge in [0.1, 0.15) is 0 Å². The fraction of sp³-hybridized carbons (Fsp3) is 0.818. The second-order valence-electron chi connectivity index (χ2n) is 3.89. The first-order valence-corrected chi connectivity index (χ1v) is 5.13. The summed E-state index contributed by atoms with van der Waals surface area (Å²) in [5.41, 5.74) is -0.444. The van der Waals surface area contributed by atoms with E-state index in [1.807, 2.05) is 0 Å². The standard InChI is InChI=1S/C11H19NO/c1-2-3-4-6-11(13)7-5-9-12-10-8-11/h1,12-13H,3-10H2. The average Bonchev–Trinajstić information content (AvgIpc) is 2.31. The fourth-order valence-electron chi connectivity index (χ4n) is 1.88. The van der Waals surface area contributed by atoms with Crippen LogP contribution in [0.25, 0.3) is 0 Å². The molecular formula is C11H19NO. The maximum absolute atomic E-state index is 10.2. The Balaban J connectivity index is 2.30. The zero-order valence-corrected chi connectivity index (χ0v) is 8.18. The molecule has 0 saturated carbocycles. The van der Waals surface area contributed by atoms with Gasteiger partial charge in [0.2, 0.25) is 0 Å². The Labute approximate surface area is 80.7 Å². The van der Waals surface area contributed by atoms with Crippen molar-refractivity contribution in [3.8, 4) is 12.3 Å². The zero-order valence-electron chi connectivity index (χ0n) is 8.18. The number of rotatable bonds is 3. The second-order valence-corrected chi connectivity index (χ2v) is 3.89. The highest BCUT2D eigenvalue weighted by molar-refractivity contribution is 4.87. The van der Waals surface area contributed by atoms with Crippen LogP contribution in [0, 0.1) is 12.3 Å². The maximum Gasteiger partial charge on any atom is 0.0660 e. The van der Waals surface area contributed by atoms with E-state index < -0.39 is 5.60 Å². The molecule has 1 saturated heterocycles. The molecule has 0 radical (unpaired) electrons. The molecule has 2 heteroatoms. The van der Waals surface area contributed by atoms with Gasteiger partial charge in [-0.3, -0.25) is 0 Å². The van der Waals surface area contributed by atoms with Crippen LogP contribution in [0.15, 0.2) is 0 Å². The predicted molar refractivity (Wildman–Crippen MR) is 54.4 cm³/mol. The molecule has 1 rings (SSSR count). The lowest BCUT2D eigenvalue weighted by Gasteiger charge is -2.25. The summed E-state index contributed by atoms with van der Waals surface area (Å²) in [7, 11) is 0. The lowest BCUT2D eigenvalue weighted by Crippen LogP contribution is -2.29. The molecule has 1 aliphatic rings. The summed E-state index contributed by atoms with van der Waals surface area (Å²) >= 11 is 0.